The molecule has 1 aliphatic heterocycles. The van der Waals surface area contributed by atoms with Crippen LogP contribution in [0.4, 0.5) is 0 Å². The summed E-state index contributed by atoms with van der Waals surface area (Å²) < 4.78 is 1.01. The molecule has 114 valence electrons. The first-order chi connectivity index (χ1) is 9.87. The molecule has 0 saturated carbocycles. The molecule has 4 nitrogen and oxygen atoms in total. The largest absolute Gasteiger partial charge is 0.342 e. The number of nitrogens with one attached hydrogen (secondary N) is 1. The highest BCUT2D eigenvalue weighted by Crippen LogP contribution is 2.27. The lowest BCUT2D eigenvalue weighted by Crippen LogP contribution is -2.55. The molecule has 2 unspecified atom stereocenters. The van der Waals surface area contributed by atoms with Gasteiger partial charge in [0.2, 0.25) is 11.8 Å². The van der Waals surface area contributed by atoms with E-state index in [0.717, 1.165) is 10.0 Å². The van der Waals surface area contributed by atoms with Gasteiger partial charge in [-0.05, 0) is 38.0 Å². The molecule has 0 aromatic heterocycles. The summed E-state index contributed by atoms with van der Waals surface area (Å²) in [5, 5.41) is 2.86. The second kappa shape index (κ2) is 6.18. The molecule has 1 N–H and O–H groups in total. The number of amides is 2. The number of carbonyl (C=O) groups excluding carboxylic acids is 2. The fourth-order valence-electron chi connectivity index (χ4n) is 2.59. The highest BCUT2D eigenvalue weighted by molar-refractivity contribution is 9.10. The van der Waals surface area contributed by atoms with Crippen LogP contribution in [0, 0.1) is 0 Å². The quantitative estimate of drug-likeness (QED) is 0.908. The molecule has 2 atom stereocenters. The van der Waals surface area contributed by atoms with Crippen LogP contribution in [0.15, 0.2) is 28.7 Å². The van der Waals surface area contributed by atoms with Crippen LogP contribution in [0.2, 0.25) is 0 Å². The third kappa shape index (κ3) is 3.28. The van der Waals surface area contributed by atoms with Crippen LogP contribution < -0.4 is 5.32 Å². The SMILES string of the molecule is CCC1(C)NC(=O)CCN(C(C)c2ccc(Br)cc2)C1=O. The zero-order valence-electron chi connectivity index (χ0n) is 12.6. The van der Waals surface area contributed by atoms with Gasteiger partial charge in [0, 0.05) is 17.4 Å². The minimum absolute atomic E-state index is 0.00808. The van der Waals surface area contributed by atoms with Gasteiger partial charge in [-0.2, -0.15) is 0 Å². The molecular formula is C16H21BrN2O2. The van der Waals surface area contributed by atoms with Crippen molar-refractivity contribution in [2.24, 2.45) is 0 Å². The van der Waals surface area contributed by atoms with Crippen LogP contribution >= 0.6 is 15.9 Å². The van der Waals surface area contributed by atoms with Crippen molar-refractivity contribution < 1.29 is 9.59 Å². The van der Waals surface area contributed by atoms with Crippen molar-refractivity contribution in [3.05, 3.63) is 34.3 Å². The standard InChI is InChI=1S/C16H21BrN2O2/c1-4-16(3)15(21)19(10-9-14(20)18-16)11(2)12-5-7-13(17)8-6-12/h5-8,11H,4,9-10H2,1-3H3,(H,18,20). The number of benzene rings is 1. The Hall–Kier alpha value is -1.36. The monoisotopic (exact) mass is 352 g/mol. The number of hydrogen-bond acceptors (Lipinski definition) is 2. The van der Waals surface area contributed by atoms with Crippen molar-refractivity contribution in [1.29, 1.82) is 0 Å². The van der Waals surface area contributed by atoms with Crippen molar-refractivity contribution in [3.63, 3.8) is 0 Å². The molecule has 0 radical (unpaired) electrons. The summed E-state index contributed by atoms with van der Waals surface area (Å²) in [7, 11) is 0. The van der Waals surface area contributed by atoms with Gasteiger partial charge in [0.15, 0.2) is 0 Å². The van der Waals surface area contributed by atoms with Crippen LogP contribution in [0.25, 0.3) is 0 Å². The van der Waals surface area contributed by atoms with Gasteiger partial charge in [0.05, 0.1) is 6.04 Å². The number of nitrogens with zero attached hydrogens (tertiary/aromatic N) is 1. The summed E-state index contributed by atoms with van der Waals surface area (Å²) in [5.74, 6) is -0.0653. The molecular weight excluding hydrogens is 332 g/mol. The molecule has 1 aromatic rings. The average Bonchev–Trinajstić information content (AvgIpc) is 2.57. The van der Waals surface area contributed by atoms with Gasteiger partial charge >= 0.3 is 0 Å². The molecule has 2 rings (SSSR count). The summed E-state index contributed by atoms with van der Waals surface area (Å²) >= 11 is 3.42. The Morgan fingerprint density at radius 3 is 2.52 bits per heavy atom. The van der Waals surface area contributed by atoms with Crippen molar-refractivity contribution in [2.45, 2.75) is 45.2 Å². The van der Waals surface area contributed by atoms with E-state index in [1.165, 1.54) is 0 Å². The summed E-state index contributed by atoms with van der Waals surface area (Å²) in [6.45, 7) is 6.19. The third-order valence-electron chi connectivity index (χ3n) is 4.25. The second-order valence-electron chi connectivity index (χ2n) is 5.71. The lowest BCUT2D eigenvalue weighted by Gasteiger charge is -2.35. The number of carbonyl (C=O) groups is 2. The fraction of sp³-hybridized carbons (Fsp3) is 0.500. The maximum Gasteiger partial charge on any atom is 0.248 e. The minimum Gasteiger partial charge on any atom is -0.342 e. The van der Waals surface area contributed by atoms with Crippen LogP contribution in [0.3, 0.4) is 0 Å². The van der Waals surface area contributed by atoms with E-state index in [2.05, 4.69) is 21.2 Å². The fourth-order valence-corrected chi connectivity index (χ4v) is 2.86. The van der Waals surface area contributed by atoms with Crippen LogP contribution in [-0.2, 0) is 9.59 Å². The Bertz CT molecular complexity index is 544. The summed E-state index contributed by atoms with van der Waals surface area (Å²) in [5.41, 5.74) is 0.261. The highest BCUT2D eigenvalue weighted by atomic mass is 79.9. The lowest BCUT2D eigenvalue weighted by atomic mass is 9.95. The molecule has 1 fully saturated rings. The Balaban J connectivity index is 2.30. The number of hydrogen-bond donors (Lipinski definition) is 1. The van der Waals surface area contributed by atoms with E-state index in [1.807, 2.05) is 43.0 Å². The second-order valence-corrected chi connectivity index (χ2v) is 6.63. The van der Waals surface area contributed by atoms with Gasteiger partial charge in [-0.15, -0.1) is 0 Å². The van der Waals surface area contributed by atoms with Gasteiger partial charge in [-0.3, -0.25) is 9.59 Å². The van der Waals surface area contributed by atoms with Crippen molar-refractivity contribution in [3.8, 4) is 0 Å². The normalized spacial score (nSPS) is 24.5. The number of halogens is 1. The van der Waals surface area contributed by atoms with E-state index in [4.69, 9.17) is 0 Å². The molecule has 1 saturated heterocycles. The molecule has 1 aromatic carbocycles. The Morgan fingerprint density at radius 1 is 1.33 bits per heavy atom. The van der Waals surface area contributed by atoms with Crippen LogP contribution in [-0.4, -0.2) is 28.8 Å². The Kier molecular flexibility index (Phi) is 4.71. The highest BCUT2D eigenvalue weighted by Gasteiger charge is 2.40. The van der Waals surface area contributed by atoms with Crippen molar-refractivity contribution >= 4 is 27.7 Å². The van der Waals surface area contributed by atoms with Gasteiger partial charge in [0.25, 0.3) is 0 Å². The minimum atomic E-state index is -0.808. The molecule has 21 heavy (non-hydrogen) atoms. The van der Waals surface area contributed by atoms with Gasteiger partial charge in [0.1, 0.15) is 5.54 Å². The van der Waals surface area contributed by atoms with Crippen molar-refractivity contribution in [2.75, 3.05) is 6.54 Å². The third-order valence-corrected chi connectivity index (χ3v) is 4.78. The predicted octanol–water partition coefficient (Wildman–Crippen LogP) is 3.03. The van der Waals surface area contributed by atoms with Crippen LogP contribution in [0.5, 0.6) is 0 Å². The van der Waals surface area contributed by atoms with E-state index < -0.39 is 5.54 Å². The first-order valence-electron chi connectivity index (χ1n) is 7.25. The van der Waals surface area contributed by atoms with E-state index in [0.29, 0.717) is 19.4 Å². The summed E-state index contributed by atoms with van der Waals surface area (Å²) in [4.78, 5) is 26.5. The first kappa shape index (κ1) is 16.0. The molecule has 0 spiro atoms. The maximum absolute atomic E-state index is 12.8. The zero-order valence-corrected chi connectivity index (χ0v) is 14.2. The van der Waals surface area contributed by atoms with E-state index in [9.17, 15) is 9.59 Å². The maximum atomic E-state index is 12.8. The molecule has 5 heteroatoms. The Labute approximate surface area is 134 Å². The van der Waals surface area contributed by atoms with Gasteiger partial charge < -0.3 is 10.2 Å². The molecule has 2 amide bonds. The summed E-state index contributed by atoms with van der Waals surface area (Å²) in [6.07, 6.45) is 0.934. The van der Waals surface area contributed by atoms with Crippen molar-refractivity contribution in [1.82, 2.24) is 10.2 Å². The van der Waals surface area contributed by atoms with E-state index in [1.54, 1.807) is 6.92 Å². The summed E-state index contributed by atoms with van der Waals surface area (Å²) in [6, 6.07) is 7.90. The molecule has 0 aliphatic carbocycles. The van der Waals surface area contributed by atoms with Gasteiger partial charge in [-0.1, -0.05) is 35.0 Å². The molecule has 1 aliphatic rings. The predicted molar refractivity (Wildman–Crippen MR) is 85.7 cm³/mol. The zero-order chi connectivity index (χ0) is 15.6. The molecule has 1 heterocycles. The topological polar surface area (TPSA) is 49.4 Å². The first-order valence-corrected chi connectivity index (χ1v) is 8.04. The van der Waals surface area contributed by atoms with E-state index >= 15 is 0 Å². The van der Waals surface area contributed by atoms with Crippen LogP contribution in [0.1, 0.15) is 45.2 Å². The number of rotatable bonds is 3. The smallest absolute Gasteiger partial charge is 0.248 e. The average molecular weight is 353 g/mol. The molecule has 0 bridgehead atoms. The van der Waals surface area contributed by atoms with Gasteiger partial charge in [-0.25, -0.2) is 0 Å². The lowest BCUT2D eigenvalue weighted by molar-refractivity contribution is -0.140. The Morgan fingerprint density at radius 2 is 1.95 bits per heavy atom. The van der Waals surface area contributed by atoms with E-state index in [-0.39, 0.29) is 17.9 Å².